The van der Waals surface area contributed by atoms with Gasteiger partial charge in [0, 0.05) is 23.6 Å². The lowest BCUT2D eigenvalue weighted by molar-refractivity contribution is -0.132. The number of esters is 1. The predicted molar refractivity (Wildman–Crippen MR) is 134 cm³/mol. The normalized spacial score (nSPS) is 16.7. The summed E-state index contributed by atoms with van der Waals surface area (Å²) >= 11 is 0. The minimum atomic E-state index is -0.962. The Balaban J connectivity index is 1.85. The topological polar surface area (TPSA) is 106 Å². The number of anilines is 1. The second kappa shape index (κ2) is 10.9. The number of aromatic nitrogens is 1. The SMILES string of the molecule is CCCOC(=O)c1cccc(N2C(=O)C(=O)/C(=C(/O)c3cccc(OCC)c3)C2c2cccnc2)c1. The van der Waals surface area contributed by atoms with Gasteiger partial charge in [-0.25, -0.2) is 4.79 Å². The number of pyridine rings is 1. The highest BCUT2D eigenvalue weighted by atomic mass is 16.5. The van der Waals surface area contributed by atoms with E-state index in [1.54, 1.807) is 60.8 Å². The number of hydrogen-bond acceptors (Lipinski definition) is 7. The number of rotatable bonds is 8. The zero-order valence-corrected chi connectivity index (χ0v) is 20.0. The first-order valence-corrected chi connectivity index (χ1v) is 11.7. The molecule has 2 aromatic carbocycles. The van der Waals surface area contributed by atoms with E-state index in [0.29, 0.717) is 35.6 Å². The fourth-order valence-electron chi connectivity index (χ4n) is 4.07. The van der Waals surface area contributed by atoms with Gasteiger partial charge in [0.05, 0.1) is 30.4 Å². The summed E-state index contributed by atoms with van der Waals surface area (Å²) in [5, 5.41) is 11.3. The third kappa shape index (κ3) is 4.84. The van der Waals surface area contributed by atoms with Crippen molar-refractivity contribution in [3.05, 3.63) is 95.3 Å². The molecule has 1 unspecified atom stereocenters. The fourth-order valence-corrected chi connectivity index (χ4v) is 4.07. The molecule has 0 saturated carbocycles. The molecule has 1 amide bonds. The third-order valence-electron chi connectivity index (χ3n) is 5.66. The van der Waals surface area contributed by atoms with Crippen LogP contribution in [0.2, 0.25) is 0 Å². The summed E-state index contributed by atoms with van der Waals surface area (Å²) in [7, 11) is 0. The molecule has 3 aromatic rings. The lowest BCUT2D eigenvalue weighted by Crippen LogP contribution is -2.29. The largest absolute Gasteiger partial charge is 0.507 e. The van der Waals surface area contributed by atoms with Crippen LogP contribution in [0.5, 0.6) is 5.75 Å². The fraction of sp³-hybridized carbons (Fsp3) is 0.214. The molecule has 1 fully saturated rings. The van der Waals surface area contributed by atoms with Crippen LogP contribution in [0.4, 0.5) is 5.69 Å². The van der Waals surface area contributed by atoms with Gasteiger partial charge in [-0.05, 0) is 55.3 Å². The average molecular weight is 487 g/mol. The van der Waals surface area contributed by atoms with E-state index >= 15 is 0 Å². The highest BCUT2D eigenvalue weighted by Gasteiger charge is 2.47. The summed E-state index contributed by atoms with van der Waals surface area (Å²) in [5.41, 5.74) is 1.35. The zero-order chi connectivity index (χ0) is 25.7. The monoisotopic (exact) mass is 486 g/mol. The highest BCUT2D eigenvalue weighted by molar-refractivity contribution is 6.51. The molecular weight excluding hydrogens is 460 g/mol. The number of carbonyl (C=O) groups is 3. The predicted octanol–water partition coefficient (Wildman–Crippen LogP) is 4.67. The number of aliphatic hydroxyl groups is 1. The number of ketones is 1. The van der Waals surface area contributed by atoms with E-state index < -0.39 is 23.7 Å². The summed E-state index contributed by atoms with van der Waals surface area (Å²) in [6.07, 6.45) is 3.78. The molecule has 0 spiro atoms. The van der Waals surface area contributed by atoms with Gasteiger partial charge in [-0.3, -0.25) is 19.5 Å². The van der Waals surface area contributed by atoms with Crippen molar-refractivity contribution in [3.8, 4) is 5.75 Å². The Morgan fingerprint density at radius 3 is 2.53 bits per heavy atom. The van der Waals surface area contributed by atoms with Crippen LogP contribution in [-0.4, -0.2) is 41.0 Å². The van der Waals surface area contributed by atoms with Gasteiger partial charge < -0.3 is 14.6 Å². The maximum absolute atomic E-state index is 13.3. The van der Waals surface area contributed by atoms with Gasteiger partial charge in [-0.15, -0.1) is 0 Å². The number of nitrogens with zero attached hydrogens (tertiary/aromatic N) is 2. The molecule has 1 aromatic heterocycles. The van der Waals surface area contributed by atoms with Crippen molar-refractivity contribution in [2.24, 2.45) is 0 Å². The molecule has 1 atom stereocenters. The van der Waals surface area contributed by atoms with Gasteiger partial charge in [0.25, 0.3) is 11.7 Å². The van der Waals surface area contributed by atoms with E-state index in [1.165, 1.54) is 17.2 Å². The van der Waals surface area contributed by atoms with Crippen molar-refractivity contribution in [1.29, 1.82) is 0 Å². The molecule has 0 aliphatic carbocycles. The molecule has 2 heterocycles. The van der Waals surface area contributed by atoms with Crippen LogP contribution in [0.15, 0.2) is 78.6 Å². The molecule has 8 nitrogen and oxygen atoms in total. The number of ether oxygens (including phenoxy) is 2. The Labute approximate surface area is 208 Å². The summed E-state index contributed by atoms with van der Waals surface area (Å²) in [6, 6.07) is 15.4. The van der Waals surface area contributed by atoms with E-state index in [4.69, 9.17) is 9.47 Å². The van der Waals surface area contributed by atoms with Crippen molar-refractivity contribution < 1.29 is 29.0 Å². The van der Waals surface area contributed by atoms with Crippen molar-refractivity contribution >= 4 is 29.1 Å². The van der Waals surface area contributed by atoms with Crippen LogP contribution < -0.4 is 9.64 Å². The lowest BCUT2D eigenvalue weighted by Gasteiger charge is -2.25. The maximum Gasteiger partial charge on any atom is 0.338 e. The number of amides is 1. The molecule has 1 saturated heterocycles. The van der Waals surface area contributed by atoms with E-state index in [2.05, 4.69) is 4.98 Å². The van der Waals surface area contributed by atoms with Gasteiger partial charge in [0.2, 0.25) is 0 Å². The van der Waals surface area contributed by atoms with Crippen molar-refractivity contribution in [2.75, 3.05) is 18.1 Å². The Hall–Kier alpha value is -4.46. The third-order valence-corrected chi connectivity index (χ3v) is 5.66. The summed E-state index contributed by atoms with van der Waals surface area (Å²) in [5.74, 6) is -2.01. The molecule has 1 N–H and O–H groups in total. The highest BCUT2D eigenvalue weighted by Crippen LogP contribution is 2.42. The average Bonchev–Trinajstić information content (AvgIpc) is 3.18. The summed E-state index contributed by atoms with van der Waals surface area (Å²) in [6.45, 7) is 4.43. The Morgan fingerprint density at radius 2 is 1.81 bits per heavy atom. The molecule has 8 heteroatoms. The van der Waals surface area contributed by atoms with Crippen LogP contribution in [0.1, 0.15) is 47.8 Å². The molecule has 1 aliphatic rings. The Morgan fingerprint density at radius 1 is 1.03 bits per heavy atom. The molecule has 0 bridgehead atoms. The van der Waals surface area contributed by atoms with Gasteiger partial charge >= 0.3 is 5.97 Å². The van der Waals surface area contributed by atoms with Gasteiger partial charge in [0.1, 0.15) is 11.5 Å². The van der Waals surface area contributed by atoms with Crippen LogP contribution in [0, 0.1) is 0 Å². The van der Waals surface area contributed by atoms with E-state index in [9.17, 15) is 19.5 Å². The summed E-state index contributed by atoms with van der Waals surface area (Å²) < 4.78 is 10.7. The van der Waals surface area contributed by atoms with Crippen molar-refractivity contribution in [1.82, 2.24) is 4.98 Å². The number of hydrogen-bond donors (Lipinski definition) is 1. The minimum Gasteiger partial charge on any atom is -0.507 e. The number of Topliss-reactive ketones (excluding diaryl/α,β-unsaturated/α-hetero) is 1. The standard InChI is InChI=1S/C28H26N2O6/c1-3-14-36-28(34)19-9-5-11-21(15-19)30-24(20-10-7-13-29-17-20)23(26(32)27(30)33)25(31)18-8-6-12-22(16-18)35-4-2/h5-13,15-17,24,31H,3-4,14H2,1-2H3/b25-23+. The second-order valence-corrected chi connectivity index (χ2v) is 8.10. The van der Waals surface area contributed by atoms with Crippen molar-refractivity contribution in [3.63, 3.8) is 0 Å². The number of carbonyl (C=O) groups excluding carboxylic acids is 3. The van der Waals surface area contributed by atoms with Gasteiger partial charge in [-0.2, -0.15) is 0 Å². The molecule has 4 rings (SSSR count). The van der Waals surface area contributed by atoms with Crippen LogP contribution in [0.25, 0.3) is 5.76 Å². The molecule has 0 radical (unpaired) electrons. The minimum absolute atomic E-state index is 0.0828. The number of aliphatic hydroxyl groups excluding tert-OH is 1. The number of benzene rings is 2. The first kappa shape index (κ1) is 24.7. The second-order valence-electron chi connectivity index (χ2n) is 8.10. The first-order chi connectivity index (χ1) is 17.5. The Bertz CT molecular complexity index is 1320. The Kier molecular flexibility index (Phi) is 7.44. The molecular formula is C28H26N2O6. The summed E-state index contributed by atoms with van der Waals surface area (Å²) in [4.78, 5) is 44.5. The van der Waals surface area contributed by atoms with E-state index in [0.717, 1.165) is 0 Å². The van der Waals surface area contributed by atoms with Gasteiger partial charge in [-0.1, -0.05) is 31.2 Å². The zero-order valence-electron chi connectivity index (χ0n) is 20.0. The van der Waals surface area contributed by atoms with Crippen molar-refractivity contribution in [2.45, 2.75) is 26.3 Å². The van der Waals surface area contributed by atoms with Crippen LogP contribution in [-0.2, 0) is 14.3 Å². The van der Waals surface area contributed by atoms with Crippen LogP contribution >= 0.6 is 0 Å². The molecule has 1 aliphatic heterocycles. The molecule has 36 heavy (non-hydrogen) atoms. The van der Waals surface area contributed by atoms with E-state index in [-0.39, 0.29) is 23.5 Å². The smallest absolute Gasteiger partial charge is 0.338 e. The molecule has 184 valence electrons. The van der Waals surface area contributed by atoms with Gasteiger partial charge in [0.15, 0.2) is 0 Å². The maximum atomic E-state index is 13.3. The first-order valence-electron chi connectivity index (χ1n) is 11.7. The van der Waals surface area contributed by atoms with Crippen LogP contribution in [0.3, 0.4) is 0 Å². The quantitative estimate of drug-likeness (QED) is 0.213. The van der Waals surface area contributed by atoms with E-state index in [1.807, 2.05) is 13.8 Å². The lowest BCUT2D eigenvalue weighted by atomic mass is 9.96.